The molecule has 2 aliphatic heterocycles. The fourth-order valence-corrected chi connectivity index (χ4v) is 5.66. The van der Waals surface area contributed by atoms with E-state index in [1.165, 1.54) is 12.1 Å². The van der Waals surface area contributed by atoms with Gasteiger partial charge in [0, 0.05) is 37.7 Å². The van der Waals surface area contributed by atoms with Crippen LogP contribution in [0.1, 0.15) is 50.7 Å². The quantitative estimate of drug-likeness (QED) is 0.458. The second-order valence-electron chi connectivity index (χ2n) is 10.7. The highest BCUT2D eigenvalue weighted by atomic mass is 35.5. The predicted molar refractivity (Wildman–Crippen MR) is 149 cm³/mol. The highest BCUT2D eigenvalue weighted by Crippen LogP contribution is 2.30. The van der Waals surface area contributed by atoms with E-state index in [0.717, 1.165) is 80.3 Å². The van der Waals surface area contributed by atoms with Gasteiger partial charge in [-0.3, -0.25) is 9.69 Å². The molecule has 1 atom stereocenters. The van der Waals surface area contributed by atoms with Crippen LogP contribution < -0.4 is 4.74 Å². The van der Waals surface area contributed by atoms with Crippen molar-refractivity contribution < 1.29 is 24.1 Å². The molecule has 0 radical (unpaired) electrons. The van der Waals surface area contributed by atoms with Crippen molar-refractivity contribution in [2.75, 3.05) is 39.3 Å². The van der Waals surface area contributed by atoms with E-state index in [9.17, 15) is 14.3 Å². The summed E-state index contributed by atoms with van der Waals surface area (Å²) in [5.41, 5.74) is 0.926. The Morgan fingerprint density at radius 1 is 1.08 bits per heavy atom. The van der Waals surface area contributed by atoms with Crippen molar-refractivity contribution in [3.8, 4) is 5.75 Å². The van der Waals surface area contributed by atoms with E-state index in [4.69, 9.17) is 21.4 Å². The van der Waals surface area contributed by atoms with Crippen LogP contribution >= 0.6 is 11.6 Å². The fraction of sp³-hybridized carbons (Fsp3) is 0.567. The number of carboxylic acid groups (broad SMARTS) is 1. The van der Waals surface area contributed by atoms with Gasteiger partial charge < -0.3 is 19.8 Å². The molecule has 2 heterocycles. The van der Waals surface area contributed by atoms with Crippen molar-refractivity contribution in [3.63, 3.8) is 0 Å². The summed E-state index contributed by atoms with van der Waals surface area (Å²) >= 11 is 6.06. The van der Waals surface area contributed by atoms with Crippen LogP contribution in [-0.4, -0.2) is 77.0 Å². The van der Waals surface area contributed by atoms with E-state index in [2.05, 4.69) is 9.80 Å². The third kappa shape index (κ3) is 8.40. The summed E-state index contributed by atoms with van der Waals surface area (Å²) < 4.78 is 19.5. The van der Waals surface area contributed by atoms with Crippen LogP contribution in [0.2, 0.25) is 5.02 Å². The molecule has 2 saturated heterocycles. The van der Waals surface area contributed by atoms with Gasteiger partial charge in [0.2, 0.25) is 0 Å². The molecule has 0 aliphatic carbocycles. The van der Waals surface area contributed by atoms with E-state index in [1.807, 2.05) is 25.1 Å². The van der Waals surface area contributed by atoms with Crippen molar-refractivity contribution in [1.82, 2.24) is 9.80 Å². The number of piperidine rings is 2. The molecule has 4 rings (SSSR count). The zero-order valence-corrected chi connectivity index (χ0v) is 23.6. The molecule has 0 spiro atoms. The van der Waals surface area contributed by atoms with Gasteiger partial charge in [-0.25, -0.2) is 4.39 Å². The second kappa shape index (κ2) is 14.3. The zero-order chi connectivity index (χ0) is 27.7. The van der Waals surface area contributed by atoms with Crippen molar-refractivity contribution in [1.29, 1.82) is 0 Å². The Morgan fingerprint density at radius 3 is 2.24 bits per heavy atom. The van der Waals surface area contributed by atoms with Gasteiger partial charge in [0.15, 0.2) is 0 Å². The van der Waals surface area contributed by atoms with Crippen LogP contribution in [0.25, 0.3) is 0 Å². The Labute approximate surface area is 231 Å². The average Bonchev–Trinajstić information content (AvgIpc) is 2.89. The van der Waals surface area contributed by atoms with E-state index < -0.39 is 11.5 Å². The van der Waals surface area contributed by atoms with E-state index in [1.54, 1.807) is 26.0 Å². The molecule has 0 unspecified atom stereocenters. The maximum Gasteiger partial charge on any atom is 0.324 e. The molecular weight excluding hydrogens is 507 g/mol. The molecule has 2 fully saturated rings. The number of rotatable bonds is 8. The minimum atomic E-state index is -0.988. The van der Waals surface area contributed by atoms with Gasteiger partial charge in [-0.15, -0.1) is 0 Å². The Bertz CT molecular complexity index is 1020. The van der Waals surface area contributed by atoms with Gasteiger partial charge in [-0.05, 0) is 107 Å². The monoisotopic (exact) mass is 548 g/mol. The lowest BCUT2D eigenvalue weighted by molar-refractivity contribution is -0.151. The molecule has 210 valence electrons. The summed E-state index contributed by atoms with van der Waals surface area (Å²) in [4.78, 5) is 16.9. The predicted octanol–water partition coefficient (Wildman–Crippen LogP) is 5.43. The number of carboxylic acids is 1. The Hall–Kier alpha value is -2.19. The maximum atomic E-state index is 13.3. The topological polar surface area (TPSA) is 73.2 Å². The van der Waals surface area contributed by atoms with Gasteiger partial charge in [-0.1, -0.05) is 23.7 Å². The van der Waals surface area contributed by atoms with E-state index >= 15 is 0 Å². The number of likely N-dealkylation sites (tertiary alicyclic amines) is 2. The molecule has 0 aromatic heterocycles. The fourth-order valence-electron chi connectivity index (χ4n) is 5.43. The molecule has 2 aliphatic rings. The SMILES string of the molecule is CCO.Cc1cc(Cl)ccc1OC1CCN(CC2CCN([C@@](C)(Cc3ccc(F)cc3)C(=O)O)CC2)CC1. The molecule has 38 heavy (non-hydrogen) atoms. The first-order valence-electron chi connectivity index (χ1n) is 13.6. The van der Waals surface area contributed by atoms with Gasteiger partial charge in [0.1, 0.15) is 23.2 Å². The number of ether oxygens (including phenoxy) is 1. The molecule has 0 bridgehead atoms. The number of halogens is 2. The summed E-state index contributed by atoms with van der Waals surface area (Å²) in [5.74, 6) is 0.369. The molecule has 2 aromatic rings. The third-order valence-corrected chi connectivity index (χ3v) is 7.95. The smallest absolute Gasteiger partial charge is 0.324 e. The molecular formula is C30H42ClFN2O4. The molecule has 0 saturated carbocycles. The van der Waals surface area contributed by atoms with Crippen LogP contribution in [0.4, 0.5) is 4.39 Å². The lowest BCUT2D eigenvalue weighted by Gasteiger charge is -2.43. The van der Waals surface area contributed by atoms with Crippen molar-refractivity contribution >= 4 is 17.6 Å². The van der Waals surface area contributed by atoms with Crippen LogP contribution in [0.3, 0.4) is 0 Å². The van der Waals surface area contributed by atoms with Crippen molar-refractivity contribution in [2.45, 2.75) is 64.5 Å². The molecule has 0 amide bonds. The first-order chi connectivity index (χ1) is 18.1. The minimum Gasteiger partial charge on any atom is -0.490 e. The number of aliphatic hydroxyl groups is 1. The van der Waals surface area contributed by atoms with Crippen LogP contribution in [-0.2, 0) is 11.2 Å². The van der Waals surface area contributed by atoms with Crippen molar-refractivity contribution in [2.24, 2.45) is 5.92 Å². The number of hydrogen-bond acceptors (Lipinski definition) is 5. The van der Waals surface area contributed by atoms with Gasteiger partial charge in [-0.2, -0.15) is 0 Å². The van der Waals surface area contributed by atoms with Crippen LogP contribution in [0.15, 0.2) is 42.5 Å². The number of hydrogen-bond donors (Lipinski definition) is 2. The maximum absolute atomic E-state index is 13.3. The van der Waals surface area contributed by atoms with E-state index in [0.29, 0.717) is 12.3 Å². The lowest BCUT2D eigenvalue weighted by atomic mass is 9.86. The number of benzene rings is 2. The number of carbonyl (C=O) groups is 1. The molecule has 8 heteroatoms. The highest BCUT2D eigenvalue weighted by Gasteiger charge is 2.41. The molecule has 6 nitrogen and oxygen atoms in total. The van der Waals surface area contributed by atoms with Gasteiger partial charge in [0.25, 0.3) is 0 Å². The third-order valence-electron chi connectivity index (χ3n) is 7.72. The van der Waals surface area contributed by atoms with E-state index in [-0.39, 0.29) is 18.5 Å². The Morgan fingerprint density at radius 2 is 1.68 bits per heavy atom. The Balaban J connectivity index is 0.00000127. The number of aryl methyl sites for hydroxylation is 1. The minimum absolute atomic E-state index is 0.232. The standard InChI is InChI=1S/C28H36ClFN2O3.C2H6O/c1-20-17-23(29)5-8-26(20)35-25-11-13-31(14-12-25)19-22-9-15-32(16-10-22)28(2,27(33)34)18-21-3-6-24(30)7-4-21;1-2-3/h3-8,17,22,25H,9-16,18-19H2,1-2H3,(H,33,34);3H,2H2,1H3/t28-;/m0./s1. The average molecular weight is 549 g/mol. The molecule has 2 N–H and O–H groups in total. The normalized spacial score (nSPS) is 19.3. The van der Waals surface area contributed by atoms with Gasteiger partial charge in [0.05, 0.1) is 0 Å². The summed E-state index contributed by atoms with van der Waals surface area (Å²) in [6.45, 7) is 10.4. The second-order valence-corrected chi connectivity index (χ2v) is 11.1. The van der Waals surface area contributed by atoms with Gasteiger partial charge >= 0.3 is 5.97 Å². The number of aliphatic hydroxyl groups excluding tert-OH is 1. The lowest BCUT2D eigenvalue weighted by Crippen LogP contribution is -2.57. The summed E-state index contributed by atoms with van der Waals surface area (Å²) in [6, 6.07) is 11.9. The van der Waals surface area contributed by atoms with Crippen LogP contribution in [0.5, 0.6) is 5.75 Å². The largest absolute Gasteiger partial charge is 0.490 e. The zero-order valence-electron chi connectivity index (χ0n) is 22.8. The number of aliphatic carboxylic acids is 1. The Kier molecular flexibility index (Phi) is 11.4. The first-order valence-corrected chi connectivity index (χ1v) is 14.0. The molecule has 2 aromatic carbocycles. The summed E-state index contributed by atoms with van der Waals surface area (Å²) in [5, 5.41) is 18.3. The first kappa shape index (κ1) is 30.4. The van der Waals surface area contributed by atoms with Crippen molar-refractivity contribution in [3.05, 3.63) is 64.4 Å². The van der Waals surface area contributed by atoms with Crippen LogP contribution in [0, 0.1) is 18.7 Å². The number of nitrogens with zero attached hydrogens (tertiary/aromatic N) is 2. The highest BCUT2D eigenvalue weighted by molar-refractivity contribution is 6.30. The summed E-state index contributed by atoms with van der Waals surface area (Å²) in [7, 11) is 0. The summed E-state index contributed by atoms with van der Waals surface area (Å²) in [6.07, 6.45) is 4.61.